The Bertz CT molecular complexity index is 267. The second kappa shape index (κ2) is 8.06. The maximum absolute atomic E-state index is 5.32. The molecule has 0 heterocycles. The minimum atomic E-state index is 0.712. The first kappa shape index (κ1) is 11.8. The van der Waals surface area contributed by atoms with Crippen LogP contribution in [0.2, 0.25) is 0 Å². The summed E-state index contributed by atoms with van der Waals surface area (Å²) < 4.78 is 10.5. The van der Waals surface area contributed by atoms with E-state index in [0.29, 0.717) is 6.61 Å². The van der Waals surface area contributed by atoms with E-state index in [9.17, 15) is 0 Å². The van der Waals surface area contributed by atoms with E-state index in [4.69, 9.17) is 9.47 Å². The van der Waals surface area contributed by atoms with Crippen LogP contribution in [-0.2, 0) is 9.47 Å². The van der Waals surface area contributed by atoms with Crippen molar-refractivity contribution in [2.24, 2.45) is 0 Å². The quantitative estimate of drug-likeness (QED) is 0.504. The lowest BCUT2D eigenvalue weighted by atomic mass is 10.2. The minimum Gasteiger partial charge on any atom is -0.501 e. The lowest BCUT2D eigenvalue weighted by Crippen LogP contribution is -1.97. The van der Waals surface area contributed by atoms with Crippen molar-refractivity contribution in [3.63, 3.8) is 0 Å². The predicted octanol–water partition coefficient (Wildman–Crippen LogP) is 3.10. The average molecular weight is 206 g/mol. The van der Waals surface area contributed by atoms with Gasteiger partial charge in [-0.15, -0.1) is 0 Å². The molecule has 0 aliphatic heterocycles. The fourth-order valence-electron chi connectivity index (χ4n) is 1.15. The highest BCUT2D eigenvalue weighted by molar-refractivity contribution is 5.47. The fraction of sp³-hybridized carbons (Fsp3) is 0.385. The number of hydrogen-bond acceptors (Lipinski definition) is 2. The Morgan fingerprint density at radius 3 is 2.67 bits per heavy atom. The molecule has 0 amide bonds. The zero-order chi connectivity index (χ0) is 10.8. The van der Waals surface area contributed by atoms with Gasteiger partial charge < -0.3 is 9.47 Å². The maximum atomic E-state index is 5.32. The van der Waals surface area contributed by atoms with Crippen LogP contribution < -0.4 is 0 Å². The Balaban J connectivity index is 2.07. The van der Waals surface area contributed by atoms with Gasteiger partial charge in [0, 0.05) is 19.6 Å². The smallest absolute Gasteiger partial charge is 0.0895 e. The molecule has 0 aliphatic carbocycles. The monoisotopic (exact) mass is 206 g/mol. The van der Waals surface area contributed by atoms with Crippen LogP contribution in [0.15, 0.2) is 36.6 Å². The average Bonchev–Trinajstić information content (AvgIpc) is 2.29. The largest absolute Gasteiger partial charge is 0.501 e. The number of rotatable bonds is 7. The van der Waals surface area contributed by atoms with Crippen molar-refractivity contribution in [1.29, 1.82) is 0 Å². The van der Waals surface area contributed by atoms with Crippen LogP contribution in [0.4, 0.5) is 0 Å². The maximum Gasteiger partial charge on any atom is 0.0895 e. The molecule has 1 aromatic rings. The Morgan fingerprint density at radius 1 is 1.13 bits per heavy atom. The molecule has 0 bridgehead atoms. The van der Waals surface area contributed by atoms with Crippen molar-refractivity contribution >= 4 is 6.08 Å². The first-order valence-electron chi connectivity index (χ1n) is 5.34. The molecule has 0 saturated carbocycles. The van der Waals surface area contributed by atoms with Gasteiger partial charge in [-0.2, -0.15) is 0 Å². The molecular weight excluding hydrogens is 188 g/mol. The van der Waals surface area contributed by atoms with Gasteiger partial charge in [-0.05, 0) is 18.6 Å². The molecule has 0 N–H and O–H groups in total. The molecule has 0 fully saturated rings. The van der Waals surface area contributed by atoms with Crippen LogP contribution in [0.25, 0.3) is 6.08 Å². The van der Waals surface area contributed by atoms with E-state index in [2.05, 4.69) is 0 Å². The normalized spacial score (nSPS) is 10.7. The van der Waals surface area contributed by atoms with E-state index >= 15 is 0 Å². The second-order valence-corrected chi connectivity index (χ2v) is 3.13. The van der Waals surface area contributed by atoms with E-state index in [1.807, 2.05) is 43.3 Å². The molecule has 1 aromatic carbocycles. The molecule has 0 spiro atoms. The molecule has 0 unspecified atom stereocenters. The Morgan fingerprint density at radius 2 is 1.93 bits per heavy atom. The van der Waals surface area contributed by atoms with Crippen LogP contribution in [0, 0.1) is 0 Å². The zero-order valence-electron chi connectivity index (χ0n) is 9.19. The lowest BCUT2D eigenvalue weighted by Gasteiger charge is -2.01. The summed E-state index contributed by atoms with van der Waals surface area (Å²) in [6.45, 7) is 4.26. The Kier molecular flexibility index (Phi) is 6.34. The summed E-state index contributed by atoms with van der Waals surface area (Å²) in [5.41, 5.74) is 1.15. The second-order valence-electron chi connectivity index (χ2n) is 3.13. The third kappa shape index (κ3) is 5.92. The summed E-state index contributed by atoms with van der Waals surface area (Å²) in [6.07, 6.45) is 4.63. The molecule has 1 rings (SSSR count). The van der Waals surface area contributed by atoms with Gasteiger partial charge >= 0.3 is 0 Å². The van der Waals surface area contributed by atoms with E-state index in [0.717, 1.165) is 25.2 Å². The molecular formula is C13H18O2. The number of benzene rings is 1. The van der Waals surface area contributed by atoms with Gasteiger partial charge in [-0.3, -0.25) is 0 Å². The van der Waals surface area contributed by atoms with Crippen molar-refractivity contribution < 1.29 is 9.47 Å². The van der Waals surface area contributed by atoms with Crippen molar-refractivity contribution in [2.75, 3.05) is 19.8 Å². The van der Waals surface area contributed by atoms with Crippen molar-refractivity contribution in [2.45, 2.75) is 13.3 Å². The molecule has 0 saturated heterocycles. The Hall–Kier alpha value is -1.28. The topological polar surface area (TPSA) is 18.5 Å². The SMILES string of the molecule is CCOCCCOC=Cc1ccccc1. The summed E-state index contributed by atoms with van der Waals surface area (Å²) >= 11 is 0. The molecule has 2 nitrogen and oxygen atoms in total. The van der Waals surface area contributed by atoms with Gasteiger partial charge in [0.05, 0.1) is 12.9 Å². The van der Waals surface area contributed by atoms with Crippen LogP contribution in [0.5, 0.6) is 0 Å². The number of hydrogen-bond donors (Lipinski definition) is 0. The van der Waals surface area contributed by atoms with Crippen molar-refractivity contribution in [3.8, 4) is 0 Å². The van der Waals surface area contributed by atoms with Gasteiger partial charge in [0.2, 0.25) is 0 Å². The van der Waals surface area contributed by atoms with Crippen molar-refractivity contribution in [3.05, 3.63) is 42.2 Å². The summed E-state index contributed by atoms with van der Waals surface area (Å²) in [5, 5.41) is 0. The van der Waals surface area contributed by atoms with Gasteiger partial charge in [-0.25, -0.2) is 0 Å². The third-order valence-electron chi connectivity index (χ3n) is 1.91. The first-order valence-corrected chi connectivity index (χ1v) is 5.34. The van der Waals surface area contributed by atoms with Crippen LogP contribution in [0.1, 0.15) is 18.9 Å². The van der Waals surface area contributed by atoms with E-state index in [1.54, 1.807) is 6.26 Å². The van der Waals surface area contributed by atoms with Crippen LogP contribution >= 0.6 is 0 Å². The molecule has 15 heavy (non-hydrogen) atoms. The third-order valence-corrected chi connectivity index (χ3v) is 1.91. The summed E-state index contributed by atoms with van der Waals surface area (Å²) in [7, 11) is 0. The highest BCUT2D eigenvalue weighted by Crippen LogP contribution is 2.00. The van der Waals surface area contributed by atoms with Gasteiger partial charge in [0.1, 0.15) is 0 Å². The molecule has 2 heteroatoms. The fourth-order valence-corrected chi connectivity index (χ4v) is 1.15. The van der Waals surface area contributed by atoms with E-state index < -0.39 is 0 Å². The van der Waals surface area contributed by atoms with Crippen molar-refractivity contribution in [1.82, 2.24) is 0 Å². The summed E-state index contributed by atoms with van der Waals surface area (Å²) in [5.74, 6) is 0. The van der Waals surface area contributed by atoms with Crippen LogP contribution in [0.3, 0.4) is 0 Å². The first-order chi connectivity index (χ1) is 7.43. The Labute approximate surface area is 91.5 Å². The lowest BCUT2D eigenvalue weighted by molar-refractivity contribution is 0.122. The van der Waals surface area contributed by atoms with Crippen LogP contribution in [-0.4, -0.2) is 19.8 Å². The van der Waals surface area contributed by atoms with Gasteiger partial charge in [0.25, 0.3) is 0 Å². The standard InChI is InChI=1S/C13H18O2/c1-2-14-10-6-11-15-12-9-13-7-4-3-5-8-13/h3-5,7-9,12H,2,6,10-11H2,1H3. The number of ether oxygens (including phenoxy) is 2. The van der Waals surface area contributed by atoms with E-state index in [1.165, 1.54) is 0 Å². The van der Waals surface area contributed by atoms with Gasteiger partial charge in [-0.1, -0.05) is 30.3 Å². The zero-order valence-corrected chi connectivity index (χ0v) is 9.19. The highest BCUT2D eigenvalue weighted by atomic mass is 16.5. The minimum absolute atomic E-state index is 0.712. The molecule has 0 atom stereocenters. The molecule has 0 aliphatic rings. The molecule has 0 aromatic heterocycles. The molecule has 82 valence electrons. The molecule has 0 radical (unpaired) electrons. The highest BCUT2D eigenvalue weighted by Gasteiger charge is 1.86. The van der Waals surface area contributed by atoms with E-state index in [-0.39, 0.29) is 0 Å². The van der Waals surface area contributed by atoms with Gasteiger partial charge in [0.15, 0.2) is 0 Å². The summed E-state index contributed by atoms with van der Waals surface area (Å²) in [4.78, 5) is 0. The summed E-state index contributed by atoms with van der Waals surface area (Å²) in [6, 6.07) is 10.1. The predicted molar refractivity (Wildman–Crippen MR) is 62.5 cm³/mol.